The van der Waals surface area contributed by atoms with Crippen molar-refractivity contribution in [2.75, 3.05) is 6.54 Å². The zero-order valence-corrected chi connectivity index (χ0v) is 13.0. The fraction of sp³-hybridized carbons (Fsp3) is 0.235. The highest BCUT2D eigenvalue weighted by Crippen LogP contribution is 2.26. The maximum Gasteiger partial charge on any atom is 0.315 e. The van der Waals surface area contributed by atoms with E-state index < -0.39 is 0 Å². The predicted octanol–water partition coefficient (Wildman–Crippen LogP) is 3.89. The number of carbonyl (C=O) groups excluding carboxylic acids is 1. The Morgan fingerprint density at radius 1 is 1.33 bits per heavy atom. The average Bonchev–Trinajstić information content (AvgIpc) is 3.05. The molecule has 0 spiro atoms. The molecule has 2 rings (SSSR count). The lowest BCUT2D eigenvalue weighted by atomic mass is 10.0. The molecular formula is C17H20N2OS. The van der Waals surface area contributed by atoms with E-state index in [2.05, 4.69) is 48.4 Å². The molecule has 1 aromatic carbocycles. The summed E-state index contributed by atoms with van der Waals surface area (Å²) >= 11 is 1.64. The molecule has 3 nitrogen and oxygen atoms in total. The standard InChI is InChI=1S/C17H20N2OS/c1-3-11-18-17(20)19-16(15-6-5-12-21-15)14-9-7-13(4-2)8-10-14/h3,5-10,12,16H,1,4,11H2,2H3,(H2,18,19,20)/t16-/m1/s1. The number of aryl methyl sites for hydroxylation is 1. The largest absolute Gasteiger partial charge is 0.335 e. The van der Waals surface area contributed by atoms with Gasteiger partial charge in [0, 0.05) is 11.4 Å². The van der Waals surface area contributed by atoms with Crippen LogP contribution in [-0.4, -0.2) is 12.6 Å². The predicted molar refractivity (Wildman–Crippen MR) is 88.7 cm³/mol. The molecule has 0 saturated heterocycles. The van der Waals surface area contributed by atoms with Crippen molar-refractivity contribution < 1.29 is 4.79 Å². The van der Waals surface area contributed by atoms with Gasteiger partial charge in [0.05, 0.1) is 6.04 Å². The van der Waals surface area contributed by atoms with E-state index >= 15 is 0 Å². The van der Waals surface area contributed by atoms with E-state index in [1.807, 2.05) is 17.5 Å². The molecule has 0 fully saturated rings. The number of hydrogen-bond acceptors (Lipinski definition) is 2. The van der Waals surface area contributed by atoms with Gasteiger partial charge in [0.1, 0.15) is 0 Å². The lowest BCUT2D eigenvalue weighted by Crippen LogP contribution is -2.38. The van der Waals surface area contributed by atoms with E-state index in [1.165, 1.54) is 5.56 Å². The molecule has 0 radical (unpaired) electrons. The van der Waals surface area contributed by atoms with Crippen LogP contribution in [0.1, 0.15) is 29.0 Å². The second-order valence-corrected chi connectivity index (χ2v) is 5.67. The monoisotopic (exact) mass is 300 g/mol. The summed E-state index contributed by atoms with van der Waals surface area (Å²) in [7, 11) is 0. The molecule has 0 saturated carbocycles. The molecule has 2 aromatic rings. The molecule has 0 unspecified atom stereocenters. The van der Waals surface area contributed by atoms with E-state index in [4.69, 9.17) is 0 Å². The van der Waals surface area contributed by atoms with Crippen molar-refractivity contribution in [1.29, 1.82) is 0 Å². The number of hydrogen-bond donors (Lipinski definition) is 2. The van der Waals surface area contributed by atoms with Crippen molar-refractivity contribution in [3.63, 3.8) is 0 Å². The molecular weight excluding hydrogens is 280 g/mol. The lowest BCUT2D eigenvalue weighted by molar-refractivity contribution is 0.240. The van der Waals surface area contributed by atoms with Gasteiger partial charge < -0.3 is 10.6 Å². The number of urea groups is 1. The van der Waals surface area contributed by atoms with Crippen LogP contribution in [0.25, 0.3) is 0 Å². The maximum atomic E-state index is 11.9. The number of benzene rings is 1. The van der Waals surface area contributed by atoms with Gasteiger partial charge in [0.25, 0.3) is 0 Å². The summed E-state index contributed by atoms with van der Waals surface area (Å²) in [6, 6.07) is 12.1. The van der Waals surface area contributed by atoms with Gasteiger partial charge in [0.15, 0.2) is 0 Å². The Labute approximate surface area is 129 Å². The molecule has 1 aromatic heterocycles. The highest BCUT2D eigenvalue weighted by atomic mass is 32.1. The summed E-state index contributed by atoms with van der Waals surface area (Å²) < 4.78 is 0. The topological polar surface area (TPSA) is 41.1 Å². The van der Waals surface area contributed by atoms with Gasteiger partial charge in [-0.3, -0.25) is 0 Å². The molecule has 0 aliphatic rings. The second kappa shape index (κ2) is 7.64. The van der Waals surface area contributed by atoms with Crippen LogP contribution >= 0.6 is 11.3 Å². The molecule has 0 bridgehead atoms. The Balaban J connectivity index is 2.19. The molecule has 1 heterocycles. The normalized spacial score (nSPS) is 11.7. The summed E-state index contributed by atoms with van der Waals surface area (Å²) in [5.41, 5.74) is 2.38. The summed E-state index contributed by atoms with van der Waals surface area (Å²) in [6.07, 6.45) is 2.67. The van der Waals surface area contributed by atoms with Gasteiger partial charge in [-0.05, 0) is 29.0 Å². The van der Waals surface area contributed by atoms with E-state index in [0.29, 0.717) is 6.54 Å². The minimum Gasteiger partial charge on any atom is -0.335 e. The average molecular weight is 300 g/mol. The van der Waals surface area contributed by atoms with Crippen LogP contribution in [0.15, 0.2) is 54.4 Å². The Bertz CT molecular complexity index is 575. The highest BCUT2D eigenvalue weighted by Gasteiger charge is 2.17. The summed E-state index contributed by atoms with van der Waals surface area (Å²) in [5.74, 6) is 0. The lowest BCUT2D eigenvalue weighted by Gasteiger charge is -2.18. The van der Waals surface area contributed by atoms with Gasteiger partial charge >= 0.3 is 6.03 Å². The molecule has 21 heavy (non-hydrogen) atoms. The minimum absolute atomic E-state index is 0.124. The first kappa shape index (κ1) is 15.3. The van der Waals surface area contributed by atoms with E-state index in [-0.39, 0.29) is 12.1 Å². The van der Waals surface area contributed by atoms with E-state index in [0.717, 1.165) is 16.9 Å². The van der Waals surface area contributed by atoms with Gasteiger partial charge in [-0.2, -0.15) is 0 Å². The van der Waals surface area contributed by atoms with E-state index in [1.54, 1.807) is 17.4 Å². The van der Waals surface area contributed by atoms with Gasteiger partial charge in [-0.25, -0.2) is 4.79 Å². The SMILES string of the molecule is C=CCNC(=O)N[C@H](c1ccc(CC)cc1)c1cccs1. The maximum absolute atomic E-state index is 11.9. The molecule has 2 amide bonds. The van der Waals surface area contributed by atoms with Gasteiger partial charge in [-0.15, -0.1) is 17.9 Å². The highest BCUT2D eigenvalue weighted by molar-refractivity contribution is 7.10. The summed E-state index contributed by atoms with van der Waals surface area (Å²) in [4.78, 5) is 13.1. The van der Waals surface area contributed by atoms with Crippen molar-refractivity contribution in [2.45, 2.75) is 19.4 Å². The molecule has 110 valence electrons. The van der Waals surface area contributed by atoms with Crippen LogP contribution in [0.5, 0.6) is 0 Å². The Hall–Kier alpha value is -2.07. The Kier molecular flexibility index (Phi) is 5.58. The third-order valence-corrected chi connectivity index (χ3v) is 4.17. The van der Waals surface area contributed by atoms with Crippen LogP contribution in [0, 0.1) is 0 Å². The zero-order chi connectivity index (χ0) is 15.1. The Morgan fingerprint density at radius 3 is 2.67 bits per heavy atom. The number of amides is 2. The zero-order valence-electron chi connectivity index (χ0n) is 12.1. The minimum atomic E-state index is -0.187. The molecule has 4 heteroatoms. The quantitative estimate of drug-likeness (QED) is 0.781. The number of nitrogens with one attached hydrogen (secondary N) is 2. The molecule has 0 aliphatic carbocycles. The first-order valence-electron chi connectivity index (χ1n) is 7.02. The summed E-state index contributed by atoms with van der Waals surface area (Å²) in [5, 5.41) is 7.79. The van der Waals surface area contributed by atoms with Crippen molar-refractivity contribution in [3.8, 4) is 0 Å². The van der Waals surface area contributed by atoms with Crippen molar-refractivity contribution in [2.24, 2.45) is 0 Å². The second-order valence-electron chi connectivity index (χ2n) is 4.69. The van der Waals surface area contributed by atoms with Crippen LogP contribution in [-0.2, 0) is 6.42 Å². The molecule has 0 aliphatic heterocycles. The number of thiophene rings is 1. The first-order chi connectivity index (χ1) is 10.2. The van der Waals surface area contributed by atoms with Crippen LogP contribution in [0.2, 0.25) is 0 Å². The van der Waals surface area contributed by atoms with Crippen molar-refractivity contribution in [1.82, 2.24) is 10.6 Å². The van der Waals surface area contributed by atoms with E-state index in [9.17, 15) is 4.79 Å². The third-order valence-electron chi connectivity index (χ3n) is 3.23. The first-order valence-corrected chi connectivity index (χ1v) is 7.90. The van der Waals surface area contributed by atoms with Crippen molar-refractivity contribution in [3.05, 3.63) is 70.4 Å². The van der Waals surface area contributed by atoms with Crippen LogP contribution < -0.4 is 10.6 Å². The fourth-order valence-electron chi connectivity index (χ4n) is 2.07. The van der Waals surface area contributed by atoms with Gasteiger partial charge in [-0.1, -0.05) is 43.3 Å². The summed E-state index contributed by atoms with van der Waals surface area (Å²) in [6.45, 7) is 6.19. The molecule has 1 atom stereocenters. The van der Waals surface area contributed by atoms with Gasteiger partial charge in [0.2, 0.25) is 0 Å². The fourth-order valence-corrected chi connectivity index (χ4v) is 2.87. The molecule has 2 N–H and O–H groups in total. The van der Waals surface area contributed by atoms with Crippen LogP contribution in [0.4, 0.5) is 4.79 Å². The van der Waals surface area contributed by atoms with Crippen molar-refractivity contribution >= 4 is 17.4 Å². The van der Waals surface area contributed by atoms with Crippen LogP contribution in [0.3, 0.4) is 0 Å². The number of rotatable bonds is 6. The third kappa shape index (κ3) is 4.20. The number of carbonyl (C=O) groups is 1. The Morgan fingerprint density at radius 2 is 2.10 bits per heavy atom. The smallest absolute Gasteiger partial charge is 0.315 e.